The van der Waals surface area contributed by atoms with Crippen LogP contribution in [0.15, 0.2) is 29.0 Å². The monoisotopic (exact) mass is 382 g/mol. The Kier molecular flexibility index (Phi) is 4.97. The van der Waals surface area contributed by atoms with E-state index in [9.17, 15) is 4.79 Å². The zero-order chi connectivity index (χ0) is 18.9. The first-order valence-electron chi connectivity index (χ1n) is 10.9. The fourth-order valence-electron chi connectivity index (χ4n) is 5.31. The molecule has 6 nitrogen and oxygen atoms in total. The zero-order valence-corrected chi connectivity index (χ0v) is 16.6. The van der Waals surface area contributed by atoms with Crippen LogP contribution in [0.3, 0.4) is 0 Å². The number of furan rings is 1. The number of anilines is 1. The minimum atomic E-state index is 0.214. The largest absolute Gasteiger partial charge is 0.464 e. The highest BCUT2D eigenvalue weighted by Crippen LogP contribution is 2.30. The molecule has 5 rings (SSSR count). The van der Waals surface area contributed by atoms with Gasteiger partial charge in [0.1, 0.15) is 11.4 Å². The van der Waals surface area contributed by atoms with Gasteiger partial charge in [0.15, 0.2) is 0 Å². The number of hydrogen-bond donors (Lipinski definition) is 0. The van der Waals surface area contributed by atoms with E-state index in [4.69, 9.17) is 4.42 Å². The summed E-state index contributed by atoms with van der Waals surface area (Å²) in [6, 6.07) is 4.54. The molecule has 1 amide bonds. The molecular formula is C22H30N4O2. The molecule has 3 aliphatic heterocycles. The summed E-state index contributed by atoms with van der Waals surface area (Å²) in [6.07, 6.45) is 10.4. The molecular weight excluding hydrogens is 352 g/mol. The van der Waals surface area contributed by atoms with E-state index in [-0.39, 0.29) is 5.92 Å². The molecule has 28 heavy (non-hydrogen) atoms. The van der Waals surface area contributed by atoms with Crippen LogP contribution in [-0.2, 0) is 4.79 Å². The van der Waals surface area contributed by atoms with Crippen LogP contribution in [0, 0.1) is 5.92 Å². The first kappa shape index (κ1) is 18.0. The second-order valence-electron chi connectivity index (χ2n) is 8.55. The summed E-state index contributed by atoms with van der Waals surface area (Å²) in [5, 5.41) is 1.11. The Labute approximate surface area is 166 Å². The van der Waals surface area contributed by atoms with Crippen molar-refractivity contribution in [3.05, 3.63) is 24.6 Å². The molecule has 0 bridgehead atoms. The van der Waals surface area contributed by atoms with Crippen LogP contribution >= 0.6 is 0 Å². The van der Waals surface area contributed by atoms with Gasteiger partial charge in [-0.25, -0.2) is 4.98 Å². The topological polar surface area (TPSA) is 52.8 Å². The van der Waals surface area contributed by atoms with Crippen molar-refractivity contribution in [3.63, 3.8) is 0 Å². The van der Waals surface area contributed by atoms with E-state index in [1.807, 2.05) is 18.3 Å². The Hall–Kier alpha value is -2.08. The molecule has 0 N–H and O–H groups in total. The number of piperidine rings is 2. The molecule has 0 unspecified atom stereocenters. The van der Waals surface area contributed by atoms with E-state index in [0.717, 1.165) is 81.7 Å². The van der Waals surface area contributed by atoms with Gasteiger partial charge >= 0.3 is 0 Å². The SMILES string of the molecule is O=C([C@@H]1CCCN(C2CCN(c3nccc4occc34)CC2)C1)N1CCCC1. The maximum atomic E-state index is 12.8. The number of fused-ring (bicyclic) bond motifs is 1. The molecule has 3 saturated heterocycles. The Balaban J connectivity index is 1.20. The van der Waals surface area contributed by atoms with Gasteiger partial charge in [-0.2, -0.15) is 0 Å². The van der Waals surface area contributed by atoms with E-state index >= 15 is 0 Å². The predicted molar refractivity (Wildman–Crippen MR) is 109 cm³/mol. The van der Waals surface area contributed by atoms with Crippen LogP contribution < -0.4 is 4.90 Å². The smallest absolute Gasteiger partial charge is 0.226 e. The molecule has 0 spiro atoms. The van der Waals surface area contributed by atoms with E-state index in [0.29, 0.717) is 11.9 Å². The van der Waals surface area contributed by atoms with Crippen molar-refractivity contribution >= 4 is 22.7 Å². The Bertz CT molecular complexity index is 821. The average molecular weight is 383 g/mol. The molecule has 150 valence electrons. The highest BCUT2D eigenvalue weighted by Gasteiger charge is 2.34. The third-order valence-electron chi connectivity index (χ3n) is 6.86. The van der Waals surface area contributed by atoms with Gasteiger partial charge in [0, 0.05) is 45.0 Å². The number of amides is 1. The van der Waals surface area contributed by atoms with Crippen LogP contribution in [0.5, 0.6) is 0 Å². The van der Waals surface area contributed by atoms with Crippen molar-refractivity contribution in [2.75, 3.05) is 44.2 Å². The van der Waals surface area contributed by atoms with Crippen LogP contribution in [-0.4, -0.2) is 66.0 Å². The summed E-state index contributed by atoms with van der Waals surface area (Å²) in [6.45, 7) is 6.08. The maximum absolute atomic E-state index is 12.8. The molecule has 6 heteroatoms. The Morgan fingerprint density at radius 1 is 1.00 bits per heavy atom. The number of likely N-dealkylation sites (tertiary alicyclic amines) is 2. The molecule has 0 radical (unpaired) electrons. The third-order valence-corrected chi connectivity index (χ3v) is 6.86. The Morgan fingerprint density at radius 2 is 1.82 bits per heavy atom. The lowest BCUT2D eigenvalue weighted by Crippen LogP contribution is -2.51. The van der Waals surface area contributed by atoms with E-state index in [1.54, 1.807) is 6.26 Å². The van der Waals surface area contributed by atoms with E-state index in [2.05, 4.69) is 19.7 Å². The predicted octanol–water partition coefficient (Wildman–Crippen LogP) is 3.13. The van der Waals surface area contributed by atoms with Gasteiger partial charge < -0.3 is 14.2 Å². The van der Waals surface area contributed by atoms with Crippen molar-refractivity contribution in [2.24, 2.45) is 5.92 Å². The van der Waals surface area contributed by atoms with Crippen LogP contribution in [0.1, 0.15) is 38.5 Å². The number of rotatable bonds is 3. The molecule has 0 aliphatic carbocycles. The van der Waals surface area contributed by atoms with Gasteiger partial charge in [-0.1, -0.05) is 0 Å². The lowest BCUT2D eigenvalue weighted by molar-refractivity contribution is -0.136. The number of carbonyl (C=O) groups excluding carboxylic acids is 1. The minimum absolute atomic E-state index is 0.214. The van der Waals surface area contributed by atoms with Crippen molar-refractivity contribution < 1.29 is 9.21 Å². The number of nitrogens with zero attached hydrogens (tertiary/aromatic N) is 4. The molecule has 0 saturated carbocycles. The summed E-state index contributed by atoms with van der Waals surface area (Å²) in [4.78, 5) is 24.6. The molecule has 2 aromatic rings. The summed E-state index contributed by atoms with van der Waals surface area (Å²) in [5.41, 5.74) is 0.909. The molecule has 1 atom stereocenters. The van der Waals surface area contributed by atoms with Gasteiger partial charge in [0.25, 0.3) is 0 Å². The fourth-order valence-corrected chi connectivity index (χ4v) is 5.31. The molecule has 2 aromatic heterocycles. The summed E-state index contributed by atoms with van der Waals surface area (Å²) >= 11 is 0. The van der Waals surface area contributed by atoms with Crippen molar-refractivity contribution in [3.8, 4) is 0 Å². The standard InChI is InChI=1S/C22H30N4O2/c27-22(25-10-1-2-11-25)17-4-3-12-26(16-17)18-6-13-24(14-7-18)21-19-8-15-28-20(19)5-9-23-21/h5,8-9,15,17-18H,1-4,6-7,10-14,16H2/t17-/m1/s1. The minimum Gasteiger partial charge on any atom is -0.464 e. The highest BCUT2D eigenvalue weighted by molar-refractivity contribution is 5.88. The molecule has 0 aromatic carbocycles. The summed E-state index contributed by atoms with van der Waals surface area (Å²) < 4.78 is 5.53. The van der Waals surface area contributed by atoms with Gasteiger partial charge in [0.2, 0.25) is 5.91 Å². The summed E-state index contributed by atoms with van der Waals surface area (Å²) in [7, 11) is 0. The van der Waals surface area contributed by atoms with Gasteiger partial charge in [-0.15, -0.1) is 0 Å². The second kappa shape index (κ2) is 7.74. The second-order valence-corrected chi connectivity index (χ2v) is 8.55. The van der Waals surface area contributed by atoms with Crippen LogP contribution in [0.2, 0.25) is 0 Å². The molecule has 3 fully saturated rings. The normalized spacial score (nSPS) is 24.9. The summed E-state index contributed by atoms with van der Waals surface area (Å²) in [5.74, 6) is 1.67. The van der Waals surface area contributed by atoms with Crippen molar-refractivity contribution in [2.45, 2.75) is 44.6 Å². The fraction of sp³-hybridized carbons (Fsp3) is 0.636. The quantitative estimate of drug-likeness (QED) is 0.816. The van der Waals surface area contributed by atoms with E-state index in [1.165, 1.54) is 12.8 Å². The third kappa shape index (κ3) is 3.39. The average Bonchev–Trinajstić information content (AvgIpc) is 3.45. The van der Waals surface area contributed by atoms with Gasteiger partial charge in [0.05, 0.1) is 17.6 Å². The highest BCUT2D eigenvalue weighted by atomic mass is 16.3. The lowest BCUT2D eigenvalue weighted by Gasteiger charge is -2.42. The number of aromatic nitrogens is 1. The number of hydrogen-bond acceptors (Lipinski definition) is 5. The first-order chi connectivity index (χ1) is 13.8. The number of pyridine rings is 1. The van der Waals surface area contributed by atoms with Gasteiger partial charge in [-0.05, 0) is 57.2 Å². The zero-order valence-electron chi connectivity index (χ0n) is 16.6. The molecule has 3 aliphatic rings. The molecule has 5 heterocycles. The van der Waals surface area contributed by atoms with Crippen molar-refractivity contribution in [1.29, 1.82) is 0 Å². The lowest BCUT2D eigenvalue weighted by atomic mass is 9.93. The maximum Gasteiger partial charge on any atom is 0.226 e. The Morgan fingerprint density at radius 3 is 2.64 bits per heavy atom. The first-order valence-corrected chi connectivity index (χ1v) is 10.9. The van der Waals surface area contributed by atoms with Crippen LogP contribution in [0.4, 0.5) is 5.82 Å². The van der Waals surface area contributed by atoms with E-state index < -0.39 is 0 Å². The number of carbonyl (C=O) groups is 1. The van der Waals surface area contributed by atoms with Crippen LogP contribution in [0.25, 0.3) is 11.0 Å². The van der Waals surface area contributed by atoms with Crippen molar-refractivity contribution in [1.82, 2.24) is 14.8 Å². The van der Waals surface area contributed by atoms with Gasteiger partial charge in [-0.3, -0.25) is 9.69 Å².